The SMILES string of the molecule is O=C(O)CC1COCCN1C(=O)c1ccnnc1. The number of rotatable bonds is 3. The molecule has 7 heteroatoms. The Kier molecular flexibility index (Phi) is 3.83. The lowest BCUT2D eigenvalue weighted by molar-refractivity contribution is -0.139. The van der Waals surface area contributed by atoms with E-state index in [-0.39, 0.29) is 18.9 Å². The van der Waals surface area contributed by atoms with Gasteiger partial charge in [0.2, 0.25) is 0 Å². The number of carbonyl (C=O) groups is 2. The molecule has 1 unspecified atom stereocenters. The van der Waals surface area contributed by atoms with E-state index >= 15 is 0 Å². The van der Waals surface area contributed by atoms with Gasteiger partial charge in [0, 0.05) is 6.54 Å². The highest BCUT2D eigenvalue weighted by Crippen LogP contribution is 2.14. The molecule has 0 radical (unpaired) electrons. The van der Waals surface area contributed by atoms with Crippen LogP contribution >= 0.6 is 0 Å². The first-order valence-corrected chi connectivity index (χ1v) is 5.55. The van der Waals surface area contributed by atoms with Crippen LogP contribution in [0.1, 0.15) is 16.8 Å². The summed E-state index contributed by atoms with van der Waals surface area (Å²) >= 11 is 0. The van der Waals surface area contributed by atoms with E-state index in [0.717, 1.165) is 0 Å². The summed E-state index contributed by atoms with van der Waals surface area (Å²) in [4.78, 5) is 24.5. The molecule has 96 valence electrons. The van der Waals surface area contributed by atoms with Crippen molar-refractivity contribution in [2.45, 2.75) is 12.5 Å². The Hall–Kier alpha value is -2.02. The number of morpholine rings is 1. The molecule has 0 bridgehead atoms. The maximum atomic E-state index is 12.2. The fourth-order valence-electron chi connectivity index (χ4n) is 1.88. The van der Waals surface area contributed by atoms with Crippen molar-refractivity contribution in [3.8, 4) is 0 Å². The Morgan fingerprint density at radius 1 is 1.50 bits per heavy atom. The predicted molar refractivity (Wildman–Crippen MR) is 59.9 cm³/mol. The molecule has 2 rings (SSSR count). The third-order valence-corrected chi connectivity index (χ3v) is 2.73. The van der Waals surface area contributed by atoms with Crippen molar-refractivity contribution in [3.63, 3.8) is 0 Å². The summed E-state index contributed by atoms with van der Waals surface area (Å²) in [7, 11) is 0. The smallest absolute Gasteiger partial charge is 0.305 e. The minimum absolute atomic E-state index is 0.121. The van der Waals surface area contributed by atoms with Gasteiger partial charge in [-0.1, -0.05) is 0 Å². The van der Waals surface area contributed by atoms with Gasteiger partial charge in [-0.3, -0.25) is 9.59 Å². The van der Waals surface area contributed by atoms with Crippen LogP contribution in [0.5, 0.6) is 0 Å². The van der Waals surface area contributed by atoms with Crippen LogP contribution in [0, 0.1) is 0 Å². The Bertz CT molecular complexity index is 437. The Balaban J connectivity index is 2.13. The van der Waals surface area contributed by atoms with Crippen molar-refractivity contribution in [2.24, 2.45) is 0 Å². The number of nitrogens with zero attached hydrogens (tertiary/aromatic N) is 3. The number of carbonyl (C=O) groups excluding carboxylic acids is 1. The van der Waals surface area contributed by atoms with Gasteiger partial charge in [0.1, 0.15) is 0 Å². The summed E-state index contributed by atoms with van der Waals surface area (Å²) in [5.74, 6) is -1.18. The lowest BCUT2D eigenvalue weighted by Crippen LogP contribution is -2.49. The van der Waals surface area contributed by atoms with Gasteiger partial charge in [-0.25, -0.2) is 0 Å². The molecule has 2 heterocycles. The highest BCUT2D eigenvalue weighted by molar-refractivity contribution is 5.94. The van der Waals surface area contributed by atoms with Crippen LogP contribution in [0.4, 0.5) is 0 Å². The molecule has 1 aromatic heterocycles. The highest BCUT2D eigenvalue weighted by Gasteiger charge is 2.29. The van der Waals surface area contributed by atoms with E-state index < -0.39 is 12.0 Å². The Labute approximate surface area is 103 Å². The van der Waals surface area contributed by atoms with Gasteiger partial charge < -0.3 is 14.7 Å². The molecule has 1 N–H and O–H groups in total. The lowest BCUT2D eigenvalue weighted by Gasteiger charge is -2.34. The monoisotopic (exact) mass is 251 g/mol. The van der Waals surface area contributed by atoms with Crippen LogP contribution in [0.3, 0.4) is 0 Å². The van der Waals surface area contributed by atoms with Gasteiger partial charge >= 0.3 is 5.97 Å². The molecule has 1 aliphatic rings. The summed E-state index contributed by atoms with van der Waals surface area (Å²) in [6, 6.07) is 1.12. The number of aliphatic carboxylic acids is 1. The maximum Gasteiger partial charge on any atom is 0.305 e. The second-order valence-corrected chi connectivity index (χ2v) is 3.96. The van der Waals surface area contributed by atoms with Crippen LogP contribution in [-0.2, 0) is 9.53 Å². The van der Waals surface area contributed by atoms with Crippen LogP contribution in [0.2, 0.25) is 0 Å². The van der Waals surface area contributed by atoms with Crippen molar-refractivity contribution in [3.05, 3.63) is 24.0 Å². The molecule has 0 aromatic carbocycles. The third-order valence-electron chi connectivity index (χ3n) is 2.73. The summed E-state index contributed by atoms with van der Waals surface area (Å²) in [5, 5.41) is 16.1. The second-order valence-electron chi connectivity index (χ2n) is 3.96. The number of ether oxygens (including phenoxy) is 1. The van der Waals surface area contributed by atoms with E-state index in [1.54, 1.807) is 6.07 Å². The molecule has 0 aliphatic carbocycles. The number of carboxylic acid groups (broad SMARTS) is 1. The van der Waals surface area contributed by atoms with E-state index in [9.17, 15) is 9.59 Å². The van der Waals surface area contributed by atoms with E-state index in [0.29, 0.717) is 18.7 Å². The van der Waals surface area contributed by atoms with E-state index in [1.807, 2.05) is 0 Å². The molecule has 7 nitrogen and oxygen atoms in total. The highest BCUT2D eigenvalue weighted by atomic mass is 16.5. The van der Waals surface area contributed by atoms with Gasteiger partial charge in [-0.15, -0.1) is 0 Å². The summed E-state index contributed by atoms with van der Waals surface area (Å²) < 4.78 is 5.21. The zero-order valence-corrected chi connectivity index (χ0v) is 9.65. The third kappa shape index (κ3) is 2.80. The van der Waals surface area contributed by atoms with Crippen molar-refractivity contribution in [1.82, 2.24) is 15.1 Å². The molecule has 1 aromatic rings. The number of hydrogen-bond acceptors (Lipinski definition) is 5. The standard InChI is InChI=1S/C11H13N3O4/c15-10(16)5-9-7-18-4-3-14(9)11(17)8-1-2-12-13-6-8/h1-2,6,9H,3-5,7H2,(H,15,16). The number of amides is 1. The first-order chi connectivity index (χ1) is 8.68. The molecule has 1 saturated heterocycles. The number of aromatic nitrogens is 2. The Morgan fingerprint density at radius 2 is 2.33 bits per heavy atom. The average Bonchev–Trinajstić information content (AvgIpc) is 2.39. The minimum Gasteiger partial charge on any atom is -0.481 e. The molecule has 1 atom stereocenters. The zero-order valence-electron chi connectivity index (χ0n) is 9.65. The average molecular weight is 251 g/mol. The minimum atomic E-state index is -0.948. The quantitative estimate of drug-likeness (QED) is 0.799. The van der Waals surface area contributed by atoms with Crippen LogP contribution in [0.15, 0.2) is 18.5 Å². The van der Waals surface area contributed by atoms with Gasteiger partial charge in [0.15, 0.2) is 0 Å². The zero-order chi connectivity index (χ0) is 13.0. The van der Waals surface area contributed by atoms with Gasteiger partial charge in [0.05, 0.1) is 43.6 Å². The fraction of sp³-hybridized carbons (Fsp3) is 0.455. The van der Waals surface area contributed by atoms with E-state index in [1.165, 1.54) is 17.3 Å². The molecule has 1 aliphatic heterocycles. The molecular weight excluding hydrogens is 238 g/mol. The molecule has 1 amide bonds. The lowest BCUT2D eigenvalue weighted by atomic mass is 10.1. The molecule has 18 heavy (non-hydrogen) atoms. The maximum absolute atomic E-state index is 12.2. The first-order valence-electron chi connectivity index (χ1n) is 5.55. The normalized spacial score (nSPS) is 19.6. The van der Waals surface area contributed by atoms with E-state index in [4.69, 9.17) is 9.84 Å². The second kappa shape index (κ2) is 5.54. The predicted octanol–water partition coefficient (Wildman–Crippen LogP) is -0.208. The largest absolute Gasteiger partial charge is 0.481 e. The van der Waals surface area contributed by atoms with Crippen molar-refractivity contribution in [2.75, 3.05) is 19.8 Å². The van der Waals surface area contributed by atoms with Crippen LogP contribution in [0.25, 0.3) is 0 Å². The summed E-state index contributed by atoms with van der Waals surface area (Å²) in [6.07, 6.45) is 2.68. The van der Waals surface area contributed by atoms with E-state index in [2.05, 4.69) is 10.2 Å². The molecule has 1 fully saturated rings. The topological polar surface area (TPSA) is 92.6 Å². The number of hydrogen-bond donors (Lipinski definition) is 1. The first kappa shape index (κ1) is 12.4. The molecular formula is C11H13N3O4. The summed E-state index contributed by atoms with van der Waals surface area (Å²) in [6.45, 7) is 1.05. The van der Waals surface area contributed by atoms with Crippen LogP contribution < -0.4 is 0 Å². The van der Waals surface area contributed by atoms with Gasteiger partial charge in [0.25, 0.3) is 5.91 Å². The van der Waals surface area contributed by atoms with Crippen molar-refractivity contribution >= 4 is 11.9 Å². The van der Waals surface area contributed by atoms with Gasteiger partial charge in [-0.05, 0) is 6.07 Å². The fourth-order valence-corrected chi connectivity index (χ4v) is 1.88. The van der Waals surface area contributed by atoms with Crippen LogP contribution in [-0.4, -0.2) is 57.9 Å². The Morgan fingerprint density at radius 3 is 3.00 bits per heavy atom. The van der Waals surface area contributed by atoms with Crippen molar-refractivity contribution in [1.29, 1.82) is 0 Å². The summed E-state index contributed by atoms with van der Waals surface area (Å²) in [5.41, 5.74) is 0.405. The van der Waals surface area contributed by atoms with Crippen molar-refractivity contribution < 1.29 is 19.4 Å². The van der Waals surface area contributed by atoms with Gasteiger partial charge in [-0.2, -0.15) is 10.2 Å². The number of carboxylic acids is 1. The molecule has 0 spiro atoms. The molecule has 0 saturated carbocycles.